The minimum absolute atomic E-state index is 0. The van der Waals surface area contributed by atoms with E-state index in [-0.39, 0.29) is 29.6 Å². The molecule has 104 valence electrons. The van der Waals surface area contributed by atoms with Crippen LogP contribution >= 0.6 is 12.2 Å². The molecule has 0 heterocycles. The number of hydrogen-bond donors (Lipinski definition) is 0. The van der Waals surface area contributed by atoms with E-state index in [0.717, 1.165) is 25.9 Å². The first-order chi connectivity index (χ1) is 9.75. The van der Waals surface area contributed by atoms with Crippen LogP contribution in [0.4, 0.5) is 0 Å². The van der Waals surface area contributed by atoms with Crippen molar-refractivity contribution in [2.24, 2.45) is 0 Å². The maximum atomic E-state index is 5.19. The van der Waals surface area contributed by atoms with Gasteiger partial charge in [0.1, 0.15) is 0 Å². The molecule has 0 unspecified atom stereocenters. The van der Waals surface area contributed by atoms with Crippen molar-refractivity contribution in [2.75, 3.05) is 13.1 Å². The predicted molar refractivity (Wildman–Crippen MR) is 91.8 cm³/mol. The maximum absolute atomic E-state index is 5.19. The van der Waals surface area contributed by atoms with E-state index in [0.29, 0.717) is 4.32 Å². The largest absolute Gasteiger partial charge is 1.00 e. The SMILES string of the molecule is S=C([S-])N(CCc1ccccc1)CCc1ccccc1.[Na+]. The van der Waals surface area contributed by atoms with E-state index in [1.165, 1.54) is 11.1 Å². The third-order valence-electron chi connectivity index (χ3n) is 3.28. The molecule has 0 aliphatic heterocycles. The first-order valence-electron chi connectivity index (χ1n) is 6.79. The molecule has 0 N–H and O–H groups in total. The van der Waals surface area contributed by atoms with Gasteiger partial charge in [0, 0.05) is 13.1 Å². The average molecular weight is 323 g/mol. The molecule has 0 aliphatic rings. The average Bonchev–Trinajstić information content (AvgIpc) is 2.49. The molecule has 0 amide bonds. The van der Waals surface area contributed by atoms with E-state index in [1.54, 1.807) is 0 Å². The van der Waals surface area contributed by atoms with E-state index >= 15 is 0 Å². The fraction of sp³-hybridized carbons (Fsp3) is 0.235. The van der Waals surface area contributed by atoms with E-state index < -0.39 is 0 Å². The van der Waals surface area contributed by atoms with Crippen molar-refractivity contribution in [3.63, 3.8) is 0 Å². The van der Waals surface area contributed by atoms with E-state index in [1.807, 2.05) is 12.1 Å². The zero-order valence-electron chi connectivity index (χ0n) is 12.4. The number of benzene rings is 2. The van der Waals surface area contributed by atoms with Gasteiger partial charge in [0.2, 0.25) is 0 Å². The summed E-state index contributed by atoms with van der Waals surface area (Å²) in [5.74, 6) is 0. The maximum Gasteiger partial charge on any atom is 1.00 e. The van der Waals surface area contributed by atoms with Crippen LogP contribution in [0.25, 0.3) is 0 Å². The molecule has 0 saturated heterocycles. The van der Waals surface area contributed by atoms with Gasteiger partial charge in [-0.1, -0.05) is 65.0 Å². The van der Waals surface area contributed by atoms with E-state index in [9.17, 15) is 0 Å². The second-order valence-electron chi connectivity index (χ2n) is 4.72. The Balaban J connectivity index is 0.00000220. The summed E-state index contributed by atoms with van der Waals surface area (Å²) in [5.41, 5.74) is 2.65. The Hall–Kier alpha value is -0.450. The van der Waals surface area contributed by atoms with Gasteiger partial charge in [0.15, 0.2) is 0 Å². The predicted octanol–water partition coefficient (Wildman–Crippen LogP) is 0.610. The Morgan fingerprint density at radius 1 is 0.810 bits per heavy atom. The van der Waals surface area contributed by atoms with Crippen molar-refractivity contribution in [2.45, 2.75) is 12.8 Å². The van der Waals surface area contributed by atoms with Crippen LogP contribution < -0.4 is 29.6 Å². The molecule has 2 aromatic carbocycles. The van der Waals surface area contributed by atoms with Crippen LogP contribution in [-0.2, 0) is 25.5 Å². The van der Waals surface area contributed by atoms with Crippen LogP contribution in [0.5, 0.6) is 0 Å². The Labute approximate surface area is 160 Å². The molecular weight excluding hydrogens is 305 g/mol. The molecule has 0 aliphatic carbocycles. The number of nitrogens with zero attached hydrogens (tertiary/aromatic N) is 1. The minimum Gasteiger partial charge on any atom is -0.411 e. The standard InChI is InChI=1S/C17H19NS2.Na/c19-17(20)18(13-11-15-7-3-1-4-8-15)14-12-16-9-5-2-6-10-16;/h1-10H,11-14H2,(H,19,20);/q;+1/p-1. The summed E-state index contributed by atoms with van der Waals surface area (Å²) in [6, 6.07) is 20.9. The molecule has 2 aromatic rings. The number of thiocarbonyl (C=S) groups is 1. The quantitative estimate of drug-likeness (QED) is 0.436. The normalized spacial score (nSPS) is 9.71. The van der Waals surface area contributed by atoms with Gasteiger partial charge in [0.25, 0.3) is 0 Å². The Kier molecular flexibility index (Phi) is 9.13. The van der Waals surface area contributed by atoms with E-state index in [2.05, 4.69) is 53.4 Å². The second kappa shape index (κ2) is 10.3. The zero-order chi connectivity index (χ0) is 14.2. The van der Waals surface area contributed by atoms with Crippen LogP contribution in [-0.4, -0.2) is 22.3 Å². The fourth-order valence-electron chi connectivity index (χ4n) is 2.11. The van der Waals surface area contributed by atoms with Crippen LogP contribution in [0.3, 0.4) is 0 Å². The third-order valence-corrected chi connectivity index (χ3v) is 3.80. The fourth-order valence-corrected chi connectivity index (χ4v) is 2.48. The molecule has 0 aromatic heterocycles. The van der Waals surface area contributed by atoms with Crippen LogP contribution in [0.1, 0.15) is 11.1 Å². The topological polar surface area (TPSA) is 3.24 Å². The molecule has 0 saturated carbocycles. The molecule has 1 nitrogen and oxygen atoms in total. The van der Waals surface area contributed by atoms with Gasteiger partial charge >= 0.3 is 29.6 Å². The Morgan fingerprint density at radius 3 is 1.52 bits per heavy atom. The van der Waals surface area contributed by atoms with Crippen molar-refractivity contribution >= 4 is 29.2 Å². The van der Waals surface area contributed by atoms with Gasteiger partial charge in [0.05, 0.1) is 0 Å². The Morgan fingerprint density at radius 2 is 1.19 bits per heavy atom. The van der Waals surface area contributed by atoms with Crippen molar-refractivity contribution in [1.82, 2.24) is 4.90 Å². The molecular formula is C17H18NNaS2. The van der Waals surface area contributed by atoms with Crippen LogP contribution in [0.2, 0.25) is 0 Å². The molecule has 0 spiro atoms. The second-order valence-corrected chi connectivity index (χ2v) is 5.76. The van der Waals surface area contributed by atoms with Crippen LogP contribution in [0, 0.1) is 0 Å². The molecule has 0 bridgehead atoms. The monoisotopic (exact) mass is 323 g/mol. The summed E-state index contributed by atoms with van der Waals surface area (Å²) in [7, 11) is 0. The van der Waals surface area contributed by atoms with E-state index in [4.69, 9.17) is 24.8 Å². The Bertz CT molecular complexity index is 488. The van der Waals surface area contributed by atoms with Crippen molar-refractivity contribution in [1.29, 1.82) is 0 Å². The summed E-state index contributed by atoms with van der Waals surface area (Å²) < 4.78 is 0.567. The summed E-state index contributed by atoms with van der Waals surface area (Å²) in [5, 5.41) is 0. The van der Waals surface area contributed by atoms with Crippen molar-refractivity contribution < 1.29 is 29.6 Å². The molecule has 0 fully saturated rings. The molecule has 21 heavy (non-hydrogen) atoms. The summed E-state index contributed by atoms with van der Waals surface area (Å²) in [6.45, 7) is 1.78. The van der Waals surface area contributed by atoms with Gasteiger partial charge in [-0.3, -0.25) is 0 Å². The van der Waals surface area contributed by atoms with Crippen molar-refractivity contribution in [3.8, 4) is 0 Å². The molecule has 4 heteroatoms. The smallest absolute Gasteiger partial charge is 0.411 e. The summed E-state index contributed by atoms with van der Waals surface area (Å²) >= 11 is 10.4. The van der Waals surface area contributed by atoms with Gasteiger partial charge in [-0.2, -0.15) is 0 Å². The van der Waals surface area contributed by atoms with Crippen molar-refractivity contribution in [3.05, 3.63) is 71.8 Å². The van der Waals surface area contributed by atoms with Gasteiger partial charge in [-0.25, -0.2) is 0 Å². The van der Waals surface area contributed by atoms with Gasteiger partial charge in [-0.05, 0) is 24.0 Å². The minimum atomic E-state index is 0. The molecule has 0 atom stereocenters. The first-order valence-corrected chi connectivity index (χ1v) is 7.61. The number of rotatable bonds is 6. The molecule has 0 radical (unpaired) electrons. The van der Waals surface area contributed by atoms with Gasteiger partial charge < -0.3 is 29.7 Å². The number of hydrogen-bond acceptors (Lipinski definition) is 2. The van der Waals surface area contributed by atoms with Crippen LogP contribution in [0.15, 0.2) is 60.7 Å². The van der Waals surface area contributed by atoms with Gasteiger partial charge in [-0.15, -0.1) is 0 Å². The summed E-state index contributed by atoms with van der Waals surface area (Å²) in [6.07, 6.45) is 1.96. The summed E-state index contributed by atoms with van der Waals surface area (Å²) in [4.78, 5) is 2.12. The zero-order valence-corrected chi connectivity index (χ0v) is 16.0. The first kappa shape index (κ1) is 18.6. The molecule has 2 rings (SSSR count). The third kappa shape index (κ3) is 6.90.